The Bertz CT molecular complexity index is 1190. The van der Waals surface area contributed by atoms with E-state index in [0.717, 1.165) is 18.7 Å². The van der Waals surface area contributed by atoms with Crippen molar-refractivity contribution in [2.45, 2.75) is 63.5 Å². The Kier molecular flexibility index (Phi) is 8.95. The Morgan fingerprint density at radius 1 is 1.26 bits per heavy atom. The molecule has 5 atom stereocenters. The highest BCUT2D eigenvalue weighted by atomic mass is 19.4. The summed E-state index contributed by atoms with van der Waals surface area (Å²) in [6, 6.07) is 1.14. The van der Waals surface area contributed by atoms with Crippen LogP contribution in [0.5, 0.6) is 0 Å². The summed E-state index contributed by atoms with van der Waals surface area (Å²) in [7, 11) is 1.64. The van der Waals surface area contributed by atoms with Crippen LogP contribution in [0.3, 0.4) is 0 Å². The van der Waals surface area contributed by atoms with Crippen LogP contribution in [0.1, 0.15) is 43.0 Å². The number of rotatable bonds is 7. The van der Waals surface area contributed by atoms with E-state index in [1.807, 2.05) is 0 Å². The second-order valence-corrected chi connectivity index (χ2v) is 11.7. The summed E-state index contributed by atoms with van der Waals surface area (Å²) in [5.41, 5.74) is -0.792. The number of nitrogens with zero attached hydrogens (tertiary/aromatic N) is 3. The van der Waals surface area contributed by atoms with Gasteiger partial charge in [-0.2, -0.15) is 13.2 Å². The molecule has 14 heteroatoms. The molecule has 2 saturated heterocycles. The van der Waals surface area contributed by atoms with E-state index in [0.29, 0.717) is 56.8 Å². The van der Waals surface area contributed by atoms with Gasteiger partial charge in [-0.3, -0.25) is 14.6 Å². The second-order valence-electron chi connectivity index (χ2n) is 11.7. The molecule has 0 unspecified atom stereocenters. The van der Waals surface area contributed by atoms with E-state index in [1.54, 1.807) is 16.9 Å². The van der Waals surface area contributed by atoms with E-state index in [9.17, 15) is 27.6 Å². The maximum absolute atomic E-state index is 14.3. The first kappa shape index (κ1) is 30.5. The number of pyridine rings is 1. The van der Waals surface area contributed by atoms with E-state index in [1.165, 1.54) is 6.92 Å². The minimum Gasteiger partial charge on any atom is -0.448 e. The number of carbonyl (C=O) groups excluding carboxylic acids is 3. The quantitative estimate of drug-likeness (QED) is 0.456. The average Bonchev–Trinajstić information content (AvgIpc) is 3.49. The number of ether oxygens (including phenoxy) is 3. The fourth-order valence-corrected chi connectivity index (χ4v) is 6.93. The number of likely N-dealkylation sites (tertiary alicyclic amines) is 1. The number of hydrogen-bond donors (Lipinski definition) is 2. The summed E-state index contributed by atoms with van der Waals surface area (Å²) in [5.74, 6) is -0.554. The van der Waals surface area contributed by atoms with Crippen molar-refractivity contribution in [3.63, 3.8) is 0 Å². The summed E-state index contributed by atoms with van der Waals surface area (Å²) in [6.07, 6.45) is -2.11. The van der Waals surface area contributed by atoms with E-state index in [-0.39, 0.29) is 62.2 Å². The number of aromatic nitrogens is 1. The molecule has 1 saturated carbocycles. The molecule has 4 heterocycles. The van der Waals surface area contributed by atoms with Gasteiger partial charge in [0.15, 0.2) is 0 Å². The molecular formula is C28H38F3N5O6. The summed E-state index contributed by atoms with van der Waals surface area (Å²) < 4.78 is 56.7. The molecule has 3 aliphatic heterocycles. The van der Waals surface area contributed by atoms with Gasteiger partial charge in [0, 0.05) is 77.2 Å². The van der Waals surface area contributed by atoms with Gasteiger partial charge in [0.25, 0.3) is 0 Å². The van der Waals surface area contributed by atoms with Crippen molar-refractivity contribution in [1.82, 2.24) is 25.4 Å². The fourth-order valence-electron chi connectivity index (χ4n) is 6.93. The van der Waals surface area contributed by atoms with Crippen molar-refractivity contribution < 1.29 is 41.8 Å². The van der Waals surface area contributed by atoms with Crippen LogP contribution in [-0.4, -0.2) is 104 Å². The Morgan fingerprint density at radius 3 is 2.81 bits per heavy atom. The molecule has 0 bridgehead atoms. The molecule has 5 rings (SSSR count). The molecular weight excluding hydrogens is 559 g/mol. The molecule has 42 heavy (non-hydrogen) atoms. The van der Waals surface area contributed by atoms with Gasteiger partial charge in [-0.15, -0.1) is 0 Å². The van der Waals surface area contributed by atoms with Gasteiger partial charge >= 0.3 is 12.3 Å². The zero-order chi connectivity index (χ0) is 30.1. The van der Waals surface area contributed by atoms with Crippen LogP contribution < -0.4 is 10.6 Å². The fraction of sp³-hybridized carbons (Fsp3) is 0.714. The number of alkyl halides is 3. The maximum Gasteiger partial charge on any atom is 0.417 e. The first-order valence-electron chi connectivity index (χ1n) is 14.4. The normalized spacial score (nSPS) is 29.2. The highest BCUT2D eigenvalue weighted by molar-refractivity contribution is 5.86. The SMILES string of the molecule is CO[C@@H]1COCC[C@@H]1N[C@@H]1C[C@H]2CN(C(=O)OCCNC(C)=O)C[C@@]2(C(=O)N2CCc3ncc(C(F)(F)F)cc3C2)C1. The van der Waals surface area contributed by atoms with Gasteiger partial charge in [0.1, 0.15) is 6.61 Å². The molecule has 4 aliphatic rings. The Hall–Kier alpha value is -2.97. The van der Waals surface area contributed by atoms with Gasteiger partial charge in [0.2, 0.25) is 11.8 Å². The van der Waals surface area contributed by atoms with Crippen LogP contribution in [0, 0.1) is 11.3 Å². The van der Waals surface area contributed by atoms with Crippen LogP contribution in [0.2, 0.25) is 0 Å². The summed E-state index contributed by atoms with van der Waals surface area (Å²) in [5, 5.41) is 6.26. The van der Waals surface area contributed by atoms with Crippen molar-refractivity contribution in [2.24, 2.45) is 11.3 Å². The number of amides is 3. The van der Waals surface area contributed by atoms with Crippen molar-refractivity contribution in [1.29, 1.82) is 0 Å². The summed E-state index contributed by atoms with van der Waals surface area (Å²) in [6.45, 7) is 3.50. The topological polar surface area (TPSA) is 122 Å². The third kappa shape index (κ3) is 6.35. The first-order valence-corrected chi connectivity index (χ1v) is 14.4. The largest absolute Gasteiger partial charge is 0.448 e. The van der Waals surface area contributed by atoms with Gasteiger partial charge < -0.3 is 34.6 Å². The zero-order valence-electron chi connectivity index (χ0n) is 23.9. The lowest BCUT2D eigenvalue weighted by Gasteiger charge is -2.37. The minimum absolute atomic E-state index is 0.00428. The molecule has 1 aliphatic carbocycles. The molecule has 3 fully saturated rings. The van der Waals surface area contributed by atoms with Gasteiger partial charge in [-0.05, 0) is 36.8 Å². The van der Waals surface area contributed by atoms with E-state index >= 15 is 0 Å². The van der Waals surface area contributed by atoms with Crippen LogP contribution in [0.4, 0.5) is 18.0 Å². The van der Waals surface area contributed by atoms with E-state index in [2.05, 4.69) is 15.6 Å². The lowest BCUT2D eigenvalue weighted by atomic mass is 9.78. The molecule has 232 valence electrons. The number of carbonyl (C=O) groups is 3. The first-order chi connectivity index (χ1) is 20.0. The number of fused-ring (bicyclic) bond motifs is 2. The summed E-state index contributed by atoms with van der Waals surface area (Å²) >= 11 is 0. The highest BCUT2D eigenvalue weighted by Crippen LogP contribution is 2.51. The van der Waals surface area contributed by atoms with E-state index in [4.69, 9.17) is 14.2 Å². The van der Waals surface area contributed by atoms with Crippen LogP contribution in [0.15, 0.2) is 12.3 Å². The Balaban J connectivity index is 1.33. The minimum atomic E-state index is -4.53. The highest BCUT2D eigenvalue weighted by Gasteiger charge is 2.60. The van der Waals surface area contributed by atoms with Crippen LogP contribution in [-0.2, 0) is 42.9 Å². The molecule has 0 spiro atoms. The molecule has 0 aromatic carbocycles. The predicted octanol–water partition coefficient (Wildman–Crippen LogP) is 1.73. The van der Waals surface area contributed by atoms with Crippen LogP contribution in [0.25, 0.3) is 0 Å². The lowest BCUT2D eigenvalue weighted by Crippen LogP contribution is -2.52. The van der Waals surface area contributed by atoms with E-state index < -0.39 is 23.2 Å². The van der Waals surface area contributed by atoms with Crippen molar-refractivity contribution in [3.8, 4) is 0 Å². The molecule has 11 nitrogen and oxygen atoms in total. The van der Waals surface area contributed by atoms with Crippen molar-refractivity contribution >= 4 is 17.9 Å². The third-order valence-corrected chi connectivity index (χ3v) is 8.97. The molecule has 2 N–H and O–H groups in total. The number of nitrogens with one attached hydrogen (secondary N) is 2. The Morgan fingerprint density at radius 2 is 2.07 bits per heavy atom. The Labute approximate surface area is 242 Å². The number of halogens is 3. The van der Waals surface area contributed by atoms with Crippen molar-refractivity contribution in [2.75, 3.05) is 53.1 Å². The van der Waals surface area contributed by atoms with Gasteiger partial charge in [-0.1, -0.05) is 0 Å². The second kappa shape index (κ2) is 12.3. The number of hydrogen-bond acceptors (Lipinski definition) is 8. The predicted molar refractivity (Wildman–Crippen MR) is 142 cm³/mol. The van der Waals surface area contributed by atoms with Gasteiger partial charge in [0.05, 0.1) is 30.2 Å². The van der Waals surface area contributed by atoms with Crippen molar-refractivity contribution in [3.05, 3.63) is 29.1 Å². The maximum atomic E-state index is 14.3. The molecule has 1 aromatic heterocycles. The standard InChI is InChI=1S/C28H38F3N5O6/c1-17(37)32-5-8-42-26(39)36-14-20-10-21(34-23-4-7-41-15-24(23)40-2)11-27(20,16-36)25(38)35-6-3-22-18(13-35)9-19(12-33-22)28(29,30)31/h9,12,20-21,23-24,34H,3-8,10-11,13-16H2,1-2H3,(H,32,37)/t20-,21+,23-,24+,27-/m0/s1. The van der Waals surface area contributed by atoms with Gasteiger partial charge in [-0.25, -0.2) is 4.79 Å². The lowest BCUT2D eigenvalue weighted by molar-refractivity contribution is -0.144. The molecule has 3 amide bonds. The molecule has 1 aromatic rings. The number of methoxy groups -OCH3 is 1. The van der Waals surface area contributed by atoms with Crippen LogP contribution >= 0.6 is 0 Å². The average molecular weight is 598 g/mol. The third-order valence-electron chi connectivity index (χ3n) is 8.97. The summed E-state index contributed by atoms with van der Waals surface area (Å²) in [4.78, 5) is 45.6. The zero-order valence-corrected chi connectivity index (χ0v) is 23.9. The monoisotopic (exact) mass is 597 g/mol. The smallest absolute Gasteiger partial charge is 0.417 e. The molecule has 0 radical (unpaired) electrons.